The van der Waals surface area contributed by atoms with Crippen LogP contribution >= 0.6 is 23.2 Å². The van der Waals surface area contributed by atoms with Crippen molar-refractivity contribution >= 4 is 40.2 Å². The predicted molar refractivity (Wildman–Crippen MR) is 97.8 cm³/mol. The lowest BCUT2D eigenvalue weighted by Gasteiger charge is -2.15. The van der Waals surface area contributed by atoms with E-state index >= 15 is 0 Å². The molecule has 0 unspecified atom stereocenters. The van der Waals surface area contributed by atoms with Crippen molar-refractivity contribution in [2.45, 2.75) is 26.5 Å². The molecule has 5 nitrogen and oxygen atoms in total. The number of carboxylic acids is 1. The Kier molecular flexibility index (Phi) is 4.88. The summed E-state index contributed by atoms with van der Waals surface area (Å²) in [6, 6.07) is 11.1. The molecule has 0 aliphatic carbocycles. The standard InChI is InChI=1S/C18H16Cl2N2O3/c1-10(18(23)24)25-17-7-12(13(19)8-14(17)20)9-22-11(2)21-15-5-3-4-6-16(15)22/h3-8,10H,9H2,1-2H3,(H,23,24)/t10-/m0/s1. The Morgan fingerprint density at radius 3 is 2.72 bits per heavy atom. The van der Waals surface area contributed by atoms with E-state index in [9.17, 15) is 4.79 Å². The Labute approximate surface area is 154 Å². The number of carbonyl (C=O) groups is 1. The molecule has 0 aliphatic heterocycles. The maximum absolute atomic E-state index is 11.0. The van der Waals surface area contributed by atoms with E-state index in [1.54, 1.807) is 12.1 Å². The van der Waals surface area contributed by atoms with Gasteiger partial charge in [0.2, 0.25) is 0 Å². The van der Waals surface area contributed by atoms with Gasteiger partial charge < -0.3 is 14.4 Å². The predicted octanol–water partition coefficient (Wildman–Crippen LogP) is 4.55. The molecular formula is C18H16Cl2N2O3. The van der Waals surface area contributed by atoms with Crippen molar-refractivity contribution in [3.05, 3.63) is 57.8 Å². The van der Waals surface area contributed by atoms with Crippen LogP contribution in [0.15, 0.2) is 36.4 Å². The van der Waals surface area contributed by atoms with Gasteiger partial charge in [-0.3, -0.25) is 0 Å². The number of aryl methyl sites for hydroxylation is 1. The number of benzene rings is 2. The third kappa shape index (κ3) is 3.57. The SMILES string of the molecule is Cc1nc2ccccc2n1Cc1cc(O[C@@H](C)C(=O)O)c(Cl)cc1Cl. The molecule has 2 aromatic carbocycles. The smallest absolute Gasteiger partial charge is 0.344 e. The highest BCUT2D eigenvalue weighted by Gasteiger charge is 2.17. The van der Waals surface area contributed by atoms with Crippen LogP contribution in [0.2, 0.25) is 10.0 Å². The second-order valence-electron chi connectivity index (χ2n) is 5.71. The number of aliphatic carboxylic acids is 1. The minimum Gasteiger partial charge on any atom is -0.479 e. The summed E-state index contributed by atoms with van der Waals surface area (Å²) in [7, 11) is 0. The molecule has 25 heavy (non-hydrogen) atoms. The zero-order valence-corrected chi connectivity index (χ0v) is 15.2. The summed E-state index contributed by atoms with van der Waals surface area (Å²) < 4.78 is 7.46. The van der Waals surface area contributed by atoms with E-state index in [1.807, 2.05) is 35.8 Å². The minimum atomic E-state index is -1.07. The highest BCUT2D eigenvalue weighted by atomic mass is 35.5. The highest BCUT2D eigenvalue weighted by Crippen LogP contribution is 2.33. The van der Waals surface area contributed by atoms with Crippen LogP contribution in [0, 0.1) is 6.92 Å². The molecule has 0 aliphatic rings. The first-order chi connectivity index (χ1) is 11.9. The lowest BCUT2D eigenvalue weighted by atomic mass is 10.2. The average molecular weight is 379 g/mol. The quantitative estimate of drug-likeness (QED) is 0.706. The number of rotatable bonds is 5. The average Bonchev–Trinajstić information content (AvgIpc) is 2.87. The molecule has 0 radical (unpaired) electrons. The zero-order chi connectivity index (χ0) is 18.1. The van der Waals surface area contributed by atoms with Crippen molar-refractivity contribution in [1.29, 1.82) is 0 Å². The van der Waals surface area contributed by atoms with Crippen LogP contribution in [0.5, 0.6) is 5.75 Å². The van der Waals surface area contributed by atoms with Gasteiger partial charge in [-0.1, -0.05) is 35.3 Å². The van der Waals surface area contributed by atoms with Crippen molar-refractivity contribution < 1.29 is 14.6 Å². The number of para-hydroxylation sites is 2. The summed E-state index contributed by atoms with van der Waals surface area (Å²) in [5.41, 5.74) is 2.67. The van der Waals surface area contributed by atoms with Crippen LogP contribution < -0.4 is 4.74 Å². The van der Waals surface area contributed by atoms with Gasteiger partial charge in [0, 0.05) is 5.02 Å². The molecule has 7 heteroatoms. The third-order valence-corrected chi connectivity index (χ3v) is 4.57. The number of hydrogen-bond acceptors (Lipinski definition) is 3. The van der Waals surface area contributed by atoms with Crippen LogP contribution in [-0.4, -0.2) is 26.7 Å². The summed E-state index contributed by atoms with van der Waals surface area (Å²) in [6.07, 6.45) is -1.01. The number of fused-ring (bicyclic) bond motifs is 1. The van der Waals surface area contributed by atoms with Crippen LogP contribution in [0.4, 0.5) is 0 Å². The molecule has 1 atom stereocenters. The van der Waals surface area contributed by atoms with Gasteiger partial charge in [0.25, 0.3) is 0 Å². The molecule has 0 saturated heterocycles. The molecule has 0 amide bonds. The molecule has 0 saturated carbocycles. The monoisotopic (exact) mass is 378 g/mol. The second kappa shape index (κ2) is 6.94. The summed E-state index contributed by atoms with van der Waals surface area (Å²) in [5, 5.41) is 9.77. The van der Waals surface area contributed by atoms with Gasteiger partial charge in [-0.05, 0) is 43.7 Å². The number of halogens is 2. The molecule has 0 bridgehead atoms. The Balaban J connectivity index is 1.99. The van der Waals surface area contributed by atoms with Crippen molar-refractivity contribution in [2.24, 2.45) is 0 Å². The van der Waals surface area contributed by atoms with Gasteiger partial charge in [0.05, 0.1) is 22.6 Å². The molecule has 130 valence electrons. The van der Waals surface area contributed by atoms with E-state index in [-0.39, 0.29) is 10.8 Å². The second-order valence-corrected chi connectivity index (χ2v) is 6.52. The van der Waals surface area contributed by atoms with E-state index in [2.05, 4.69) is 4.98 Å². The summed E-state index contributed by atoms with van der Waals surface area (Å²) >= 11 is 12.5. The Hall–Kier alpha value is -2.24. The number of imidazole rings is 1. The summed E-state index contributed by atoms with van der Waals surface area (Å²) in [6.45, 7) is 3.84. The third-order valence-electron chi connectivity index (χ3n) is 3.93. The van der Waals surface area contributed by atoms with Crippen LogP contribution in [0.1, 0.15) is 18.3 Å². The fourth-order valence-corrected chi connectivity index (χ4v) is 3.08. The van der Waals surface area contributed by atoms with Crippen molar-refractivity contribution in [1.82, 2.24) is 9.55 Å². The number of aromatic nitrogens is 2. The lowest BCUT2D eigenvalue weighted by molar-refractivity contribution is -0.144. The van der Waals surface area contributed by atoms with E-state index in [4.69, 9.17) is 33.0 Å². The molecule has 1 heterocycles. The van der Waals surface area contributed by atoms with E-state index in [1.165, 1.54) is 6.92 Å². The normalized spacial score (nSPS) is 12.3. The fourth-order valence-electron chi connectivity index (χ4n) is 2.59. The number of ether oxygens (including phenoxy) is 1. The van der Waals surface area contributed by atoms with Crippen LogP contribution in [-0.2, 0) is 11.3 Å². The fraction of sp³-hybridized carbons (Fsp3) is 0.222. The van der Waals surface area contributed by atoms with Gasteiger partial charge in [-0.2, -0.15) is 0 Å². The van der Waals surface area contributed by atoms with Gasteiger partial charge >= 0.3 is 5.97 Å². The topological polar surface area (TPSA) is 64.4 Å². The Morgan fingerprint density at radius 1 is 1.28 bits per heavy atom. The minimum absolute atomic E-state index is 0.272. The van der Waals surface area contributed by atoms with Crippen LogP contribution in [0.3, 0.4) is 0 Å². The summed E-state index contributed by atoms with van der Waals surface area (Å²) in [4.78, 5) is 15.5. The van der Waals surface area contributed by atoms with Crippen LogP contribution in [0.25, 0.3) is 11.0 Å². The molecule has 1 aromatic heterocycles. The maximum atomic E-state index is 11.0. The first-order valence-electron chi connectivity index (χ1n) is 7.66. The van der Waals surface area contributed by atoms with Gasteiger partial charge in [-0.25, -0.2) is 9.78 Å². The molecule has 1 N–H and O–H groups in total. The van der Waals surface area contributed by atoms with Gasteiger partial charge in [0.15, 0.2) is 6.10 Å². The number of carboxylic acid groups (broad SMARTS) is 1. The van der Waals surface area contributed by atoms with Crippen molar-refractivity contribution in [3.8, 4) is 5.75 Å². The maximum Gasteiger partial charge on any atom is 0.344 e. The molecule has 3 aromatic rings. The highest BCUT2D eigenvalue weighted by molar-refractivity contribution is 6.36. The van der Waals surface area contributed by atoms with E-state index in [0.717, 1.165) is 22.4 Å². The first-order valence-corrected chi connectivity index (χ1v) is 8.41. The Morgan fingerprint density at radius 2 is 2.00 bits per heavy atom. The van der Waals surface area contributed by atoms with E-state index in [0.29, 0.717) is 11.6 Å². The Bertz CT molecular complexity index is 953. The van der Waals surface area contributed by atoms with Crippen molar-refractivity contribution in [3.63, 3.8) is 0 Å². The molecule has 0 fully saturated rings. The first kappa shape index (κ1) is 17.6. The summed E-state index contributed by atoms with van der Waals surface area (Å²) in [5.74, 6) is 0.0793. The lowest BCUT2D eigenvalue weighted by Crippen LogP contribution is -2.23. The molecular weight excluding hydrogens is 363 g/mol. The van der Waals surface area contributed by atoms with Gasteiger partial charge in [-0.15, -0.1) is 0 Å². The molecule has 3 rings (SSSR count). The zero-order valence-electron chi connectivity index (χ0n) is 13.7. The molecule has 0 spiro atoms. The van der Waals surface area contributed by atoms with E-state index < -0.39 is 12.1 Å². The van der Waals surface area contributed by atoms with Crippen molar-refractivity contribution in [2.75, 3.05) is 0 Å². The number of nitrogens with zero attached hydrogens (tertiary/aromatic N) is 2. The number of hydrogen-bond donors (Lipinski definition) is 1. The van der Waals surface area contributed by atoms with Gasteiger partial charge in [0.1, 0.15) is 11.6 Å². The largest absolute Gasteiger partial charge is 0.479 e.